The summed E-state index contributed by atoms with van der Waals surface area (Å²) >= 11 is 1.12. The molecule has 3 unspecified atom stereocenters. The highest BCUT2D eigenvalue weighted by molar-refractivity contribution is 7.57. The number of carbonyl (C=O) groups is 2. The number of fused-ring (bicyclic) bond motifs is 1. The number of thiophene rings is 1. The lowest BCUT2D eigenvalue weighted by Crippen LogP contribution is -2.36. The molecule has 3 atom stereocenters. The highest BCUT2D eigenvalue weighted by Crippen LogP contribution is 2.58. The van der Waals surface area contributed by atoms with Gasteiger partial charge in [-0.3, -0.25) is 9.36 Å². The molecule has 0 aliphatic heterocycles. The molecule has 13 heteroatoms. The van der Waals surface area contributed by atoms with E-state index >= 15 is 4.39 Å². The molecule has 2 aromatic carbocycles. The van der Waals surface area contributed by atoms with Crippen molar-refractivity contribution in [1.82, 2.24) is 5.09 Å². The molecule has 38 heavy (non-hydrogen) atoms. The minimum Gasteiger partial charge on any atom is -0.464 e. The van der Waals surface area contributed by atoms with E-state index in [1.54, 1.807) is 18.2 Å². The standard InChI is InChI=1S/C25H24F4NO6PS/c1-3-12-34-24(32)21-15-18-14-17(9-10-20(18)38-21)22(26)37(33,36-19-7-5-4-6-8-19)30-16(2)23(31)35-13-11-25(27,28)29/h3-10,14-16,22H,1,11-13H2,2H3,(H,30,33). The molecule has 0 amide bonds. The van der Waals surface area contributed by atoms with E-state index in [4.69, 9.17) is 9.26 Å². The normalized spacial score (nSPS) is 14.8. The lowest BCUT2D eigenvalue weighted by Gasteiger charge is -2.26. The maximum Gasteiger partial charge on any atom is 0.392 e. The van der Waals surface area contributed by atoms with Crippen LogP contribution in [0.3, 0.4) is 0 Å². The molecular weight excluding hydrogens is 549 g/mol. The van der Waals surface area contributed by atoms with Gasteiger partial charge in [0.2, 0.25) is 5.91 Å². The minimum atomic E-state index is -4.57. The van der Waals surface area contributed by atoms with Crippen molar-refractivity contribution < 1.29 is 45.7 Å². The predicted molar refractivity (Wildman–Crippen MR) is 135 cm³/mol. The Hall–Kier alpha value is -3.21. The summed E-state index contributed by atoms with van der Waals surface area (Å²) in [6, 6.07) is 11.9. The molecule has 1 N–H and O–H groups in total. The number of benzene rings is 2. The second-order valence-corrected chi connectivity index (χ2v) is 11.2. The second-order valence-electron chi connectivity index (χ2n) is 8.02. The molecule has 3 rings (SSSR count). The first kappa shape index (κ1) is 29.3. The molecule has 0 aliphatic carbocycles. The Morgan fingerprint density at radius 2 is 1.84 bits per heavy atom. The lowest BCUT2D eigenvalue weighted by molar-refractivity contribution is -0.160. The van der Waals surface area contributed by atoms with Crippen LogP contribution >= 0.6 is 18.9 Å². The fourth-order valence-corrected chi connectivity index (χ4v) is 6.05. The highest BCUT2D eigenvalue weighted by atomic mass is 32.1. The zero-order valence-electron chi connectivity index (χ0n) is 20.1. The third-order valence-corrected chi connectivity index (χ3v) is 8.21. The SMILES string of the molecule is C=CCOC(=O)c1cc2cc(C(F)P(=O)(NC(C)C(=O)OCCC(F)(F)F)Oc3ccccc3)ccc2s1. The number of ether oxygens (including phenoxy) is 2. The molecule has 7 nitrogen and oxygen atoms in total. The van der Waals surface area contributed by atoms with Crippen LogP contribution in [-0.4, -0.2) is 37.4 Å². The second kappa shape index (κ2) is 12.6. The Bertz CT molecular complexity index is 1330. The molecule has 0 saturated heterocycles. The van der Waals surface area contributed by atoms with Gasteiger partial charge in [0.15, 0.2) is 0 Å². The fraction of sp³-hybridized carbons (Fsp3) is 0.280. The molecule has 0 fully saturated rings. The molecule has 3 aromatic rings. The van der Waals surface area contributed by atoms with Gasteiger partial charge in [0, 0.05) is 4.70 Å². The molecule has 1 heterocycles. The monoisotopic (exact) mass is 573 g/mol. The largest absolute Gasteiger partial charge is 0.464 e. The first-order chi connectivity index (χ1) is 17.9. The fourth-order valence-electron chi connectivity index (χ4n) is 3.20. The van der Waals surface area contributed by atoms with E-state index in [0.29, 0.717) is 10.1 Å². The number of hydrogen-bond acceptors (Lipinski definition) is 7. The average molecular weight is 574 g/mol. The van der Waals surface area contributed by atoms with E-state index < -0.39 is 50.6 Å². The lowest BCUT2D eigenvalue weighted by atomic mass is 10.2. The van der Waals surface area contributed by atoms with Crippen LogP contribution in [0.1, 0.15) is 34.5 Å². The molecule has 1 aromatic heterocycles. The quantitative estimate of drug-likeness (QED) is 0.108. The molecule has 0 bridgehead atoms. The van der Waals surface area contributed by atoms with Gasteiger partial charge in [-0.05, 0) is 48.2 Å². The van der Waals surface area contributed by atoms with Crippen LogP contribution in [0.5, 0.6) is 5.75 Å². The molecule has 0 saturated carbocycles. The summed E-state index contributed by atoms with van der Waals surface area (Å²) in [6.45, 7) is 3.73. The Morgan fingerprint density at radius 1 is 1.13 bits per heavy atom. The van der Waals surface area contributed by atoms with E-state index in [1.807, 2.05) is 0 Å². The summed E-state index contributed by atoms with van der Waals surface area (Å²) in [4.78, 5) is 24.7. The molecule has 0 spiro atoms. The minimum absolute atomic E-state index is 0.0212. The number of carbonyl (C=O) groups excluding carboxylic acids is 2. The smallest absolute Gasteiger partial charge is 0.392 e. The summed E-state index contributed by atoms with van der Waals surface area (Å²) in [7, 11) is -4.57. The number of hydrogen-bond donors (Lipinski definition) is 1. The van der Waals surface area contributed by atoms with Crippen molar-refractivity contribution in [2.75, 3.05) is 13.2 Å². The highest BCUT2D eigenvalue weighted by Gasteiger charge is 2.41. The summed E-state index contributed by atoms with van der Waals surface area (Å²) in [5.41, 5.74) is -0.0780. The van der Waals surface area contributed by atoms with Crippen LogP contribution in [-0.2, 0) is 18.8 Å². The number of alkyl halides is 4. The third-order valence-electron chi connectivity index (χ3n) is 4.99. The van der Waals surface area contributed by atoms with Crippen molar-refractivity contribution in [2.24, 2.45) is 0 Å². The topological polar surface area (TPSA) is 90.9 Å². The Balaban J connectivity index is 1.86. The van der Waals surface area contributed by atoms with Crippen molar-refractivity contribution in [3.05, 3.63) is 77.7 Å². The summed E-state index contributed by atoms with van der Waals surface area (Å²) < 4.78 is 82.6. The van der Waals surface area contributed by atoms with Crippen molar-refractivity contribution in [3.8, 4) is 5.75 Å². The zero-order valence-corrected chi connectivity index (χ0v) is 21.8. The summed E-state index contributed by atoms with van der Waals surface area (Å²) in [5.74, 6) is -4.00. The number of halogens is 4. The Kier molecular flexibility index (Phi) is 9.70. The molecular formula is C25H24F4NO6PS. The van der Waals surface area contributed by atoms with Crippen LogP contribution in [0.25, 0.3) is 10.1 Å². The first-order valence-electron chi connectivity index (χ1n) is 11.2. The van der Waals surface area contributed by atoms with Crippen LogP contribution in [0.4, 0.5) is 17.6 Å². The molecule has 0 radical (unpaired) electrons. The van der Waals surface area contributed by atoms with E-state index in [2.05, 4.69) is 16.4 Å². The predicted octanol–water partition coefficient (Wildman–Crippen LogP) is 6.96. The van der Waals surface area contributed by atoms with Gasteiger partial charge in [-0.15, -0.1) is 11.3 Å². The van der Waals surface area contributed by atoms with Gasteiger partial charge in [-0.25, -0.2) is 14.3 Å². The number of rotatable bonds is 12. The van der Waals surface area contributed by atoms with Gasteiger partial charge < -0.3 is 14.0 Å². The van der Waals surface area contributed by atoms with E-state index in [-0.39, 0.29) is 22.8 Å². The van der Waals surface area contributed by atoms with Crippen molar-refractivity contribution in [3.63, 3.8) is 0 Å². The number of nitrogens with one attached hydrogen (secondary N) is 1. The van der Waals surface area contributed by atoms with Gasteiger partial charge >= 0.3 is 25.6 Å². The van der Waals surface area contributed by atoms with Crippen molar-refractivity contribution in [1.29, 1.82) is 0 Å². The number of esters is 2. The number of para-hydroxylation sites is 1. The van der Waals surface area contributed by atoms with Gasteiger partial charge in [0.1, 0.15) is 23.3 Å². The zero-order chi connectivity index (χ0) is 27.9. The van der Waals surface area contributed by atoms with E-state index in [9.17, 15) is 27.3 Å². The third kappa shape index (κ3) is 7.89. The van der Waals surface area contributed by atoms with Gasteiger partial charge in [-0.2, -0.15) is 13.2 Å². The maximum atomic E-state index is 15.9. The van der Waals surface area contributed by atoms with E-state index in [1.165, 1.54) is 49.4 Å². The average Bonchev–Trinajstić information content (AvgIpc) is 3.30. The first-order valence-corrected chi connectivity index (χ1v) is 13.7. The van der Waals surface area contributed by atoms with Crippen LogP contribution in [0, 0.1) is 0 Å². The molecule has 204 valence electrons. The Labute approximate surface area is 219 Å². The summed E-state index contributed by atoms with van der Waals surface area (Å²) in [6.07, 6.45) is -4.48. The molecule has 0 aliphatic rings. The van der Waals surface area contributed by atoms with Crippen molar-refractivity contribution >= 4 is 40.9 Å². The van der Waals surface area contributed by atoms with Crippen LogP contribution < -0.4 is 9.61 Å². The van der Waals surface area contributed by atoms with Crippen LogP contribution in [0.2, 0.25) is 0 Å². The van der Waals surface area contributed by atoms with Gasteiger partial charge in [-0.1, -0.05) is 36.9 Å². The van der Waals surface area contributed by atoms with Gasteiger partial charge in [0.25, 0.3) is 0 Å². The van der Waals surface area contributed by atoms with E-state index in [0.717, 1.165) is 11.3 Å². The Morgan fingerprint density at radius 3 is 2.50 bits per heavy atom. The van der Waals surface area contributed by atoms with Crippen LogP contribution in [0.15, 0.2) is 67.3 Å². The summed E-state index contributed by atoms with van der Waals surface area (Å²) in [5, 5.41) is 2.78. The maximum absolute atomic E-state index is 15.9. The van der Waals surface area contributed by atoms with Crippen molar-refractivity contribution in [2.45, 2.75) is 31.5 Å². The van der Waals surface area contributed by atoms with Gasteiger partial charge in [0.05, 0.1) is 13.0 Å².